The monoisotopic (exact) mass is 493 g/mol. The minimum atomic E-state index is -0.607. The van der Waals surface area contributed by atoms with Crippen LogP contribution in [0.2, 0.25) is 10.0 Å². The highest BCUT2D eigenvalue weighted by Gasteiger charge is 2.38. The van der Waals surface area contributed by atoms with Gasteiger partial charge in [-0.25, -0.2) is 4.79 Å². The molecule has 0 saturated heterocycles. The fourth-order valence-electron chi connectivity index (χ4n) is 3.76. The van der Waals surface area contributed by atoms with Crippen LogP contribution in [0.5, 0.6) is 5.75 Å². The largest absolute Gasteiger partial charge is 0.489 e. The normalized spacial score (nSPS) is 14.6. The van der Waals surface area contributed by atoms with E-state index in [1.165, 1.54) is 12.0 Å². The first-order valence-corrected chi connectivity index (χ1v) is 11.2. The molecule has 3 aromatic rings. The molecule has 5 nitrogen and oxygen atoms in total. The van der Waals surface area contributed by atoms with Crippen LogP contribution in [-0.2, 0) is 20.9 Å². The van der Waals surface area contributed by atoms with E-state index in [9.17, 15) is 9.59 Å². The van der Waals surface area contributed by atoms with Gasteiger partial charge in [-0.15, -0.1) is 0 Å². The molecule has 1 heterocycles. The molecule has 172 valence electrons. The quantitative estimate of drug-likeness (QED) is 0.292. The van der Waals surface area contributed by atoms with Crippen molar-refractivity contribution in [3.8, 4) is 5.75 Å². The third-order valence-corrected chi connectivity index (χ3v) is 5.75. The van der Waals surface area contributed by atoms with Crippen LogP contribution in [0.4, 0.5) is 5.69 Å². The van der Waals surface area contributed by atoms with E-state index in [0.29, 0.717) is 39.3 Å². The topological polar surface area (TPSA) is 55.8 Å². The number of allylic oxidation sites excluding steroid dienone is 1. The Morgan fingerprint density at radius 1 is 0.971 bits per heavy atom. The molecular weight excluding hydrogens is 473 g/mol. The van der Waals surface area contributed by atoms with Crippen LogP contribution in [0.1, 0.15) is 18.1 Å². The number of esters is 1. The van der Waals surface area contributed by atoms with E-state index in [1.807, 2.05) is 54.6 Å². The van der Waals surface area contributed by atoms with E-state index >= 15 is 0 Å². The molecule has 0 aromatic heterocycles. The van der Waals surface area contributed by atoms with Gasteiger partial charge in [0, 0.05) is 15.7 Å². The van der Waals surface area contributed by atoms with Crippen molar-refractivity contribution in [1.29, 1.82) is 0 Å². The van der Waals surface area contributed by atoms with Gasteiger partial charge in [-0.05, 0) is 54.5 Å². The van der Waals surface area contributed by atoms with Gasteiger partial charge in [-0.1, -0.05) is 65.7 Å². The maximum Gasteiger partial charge on any atom is 0.340 e. The lowest BCUT2D eigenvalue weighted by atomic mass is 10.0. The van der Waals surface area contributed by atoms with Crippen LogP contribution in [0, 0.1) is 0 Å². The third-order valence-electron chi connectivity index (χ3n) is 5.31. The second kappa shape index (κ2) is 10.2. The number of rotatable bonds is 6. The van der Waals surface area contributed by atoms with E-state index in [1.54, 1.807) is 31.2 Å². The van der Waals surface area contributed by atoms with Gasteiger partial charge >= 0.3 is 5.97 Å². The van der Waals surface area contributed by atoms with Gasteiger partial charge in [0.05, 0.1) is 23.9 Å². The van der Waals surface area contributed by atoms with Crippen molar-refractivity contribution in [2.24, 2.45) is 0 Å². The van der Waals surface area contributed by atoms with Crippen molar-refractivity contribution in [3.05, 3.63) is 111 Å². The molecule has 0 N–H and O–H groups in total. The van der Waals surface area contributed by atoms with E-state index in [2.05, 4.69) is 0 Å². The minimum Gasteiger partial charge on any atom is -0.489 e. The van der Waals surface area contributed by atoms with Crippen molar-refractivity contribution in [1.82, 2.24) is 0 Å². The molecule has 0 radical (unpaired) electrons. The summed E-state index contributed by atoms with van der Waals surface area (Å²) in [5.41, 5.74) is 3.02. The molecule has 1 aliphatic rings. The van der Waals surface area contributed by atoms with Crippen LogP contribution >= 0.6 is 23.2 Å². The van der Waals surface area contributed by atoms with Gasteiger partial charge in [0.15, 0.2) is 0 Å². The van der Waals surface area contributed by atoms with Gasteiger partial charge in [-0.3, -0.25) is 9.69 Å². The molecule has 1 amide bonds. The molecule has 0 spiro atoms. The first kappa shape index (κ1) is 23.6. The molecule has 0 atom stereocenters. The SMILES string of the molecule is COC(=O)C1=C(C)N(c2cc(Cl)cc(Cl)c2)C(=O)/C1=C\c1cccc(OCc2ccccc2)c1. The molecule has 0 fully saturated rings. The average molecular weight is 494 g/mol. The van der Waals surface area contributed by atoms with E-state index in [4.69, 9.17) is 32.7 Å². The Balaban J connectivity index is 1.69. The summed E-state index contributed by atoms with van der Waals surface area (Å²) >= 11 is 12.3. The lowest BCUT2D eigenvalue weighted by molar-refractivity contribution is -0.136. The summed E-state index contributed by atoms with van der Waals surface area (Å²) < 4.78 is 10.9. The summed E-state index contributed by atoms with van der Waals surface area (Å²) in [6, 6.07) is 21.9. The van der Waals surface area contributed by atoms with Crippen LogP contribution in [0.25, 0.3) is 6.08 Å². The van der Waals surface area contributed by atoms with Crippen LogP contribution in [0.3, 0.4) is 0 Å². The molecule has 0 unspecified atom stereocenters. The second-order valence-corrected chi connectivity index (χ2v) is 8.50. The average Bonchev–Trinajstić information content (AvgIpc) is 3.06. The Bertz CT molecular complexity index is 1290. The molecule has 3 aromatic carbocycles. The van der Waals surface area contributed by atoms with E-state index in [-0.39, 0.29) is 17.1 Å². The number of halogens is 2. The number of ether oxygens (including phenoxy) is 2. The predicted molar refractivity (Wildman–Crippen MR) is 134 cm³/mol. The Morgan fingerprint density at radius 2 is 1.68 bits per heavy atom. The number of amides is 1. The smallest absolute Gasteiger partial charge is 0.340 e. The molecule has 0 aliphatic carbocycles. The van der Waals surface area contributed by atoms with Crippen molar-refractivity contribution < 1.29 is 19.1 Å². The molecule has 1 aliphatic heterocycles. The Hall–Kier alpha value is -3.54. The van der Waals surface area contributed by atoms with Crippen molar-refractivity contribution in [2.45, 2.75) is 13.5 Å². The molecular formula is C27H21Cl2NO4. The number of benzene rings is 3. The zero-order chi connectivity index (χ0) is 24.2. The molecule has 34 heavy (non-hydrogen) atoms. The fourth-order valence-corrected chi connectivity index (χ4v) is 4.28. The van der Waals surface area contributed by atoms with Gasteiger partial charge in [-0.2, -0.15) is 0 Å². The third kappa shape index (κ3) is 5.01. The second-order valence-electron chi connectivity index (χ2n) is 7.62. The fraction of sp³-hybridized carbons (Fsp3) is 0.111. The highest BCUT2D eigenvalue weighted by molar-refractivity contribution is 6.35. The number of nitrogens with zero attached hydrogens (tertiary/aromatic N) is 1. The molecule has 0 bridgehead atoms. The predicted octanol–water partition coefficient (Wildman–Crippen LogP) is 6.45. The van der Waals surface area contributed by atoms with Gasteiger partial charge < -0.3 is 9.47 Å². The number of methoxy groups -OCH3 is 1. The summed E-state index contributed by atoms with van der Waals surface area (Å²) in [5.74, 6) is -0.349. The lowest BCUT2D eigenvalue weighted by Gasteiger charge is -2.18. The van der Waals surface area contributed by atoms with Gasteiger partial charge in [0.2, 0.25) is 0 Å². The number of hydrogen-bond donors (Lipinski definition) is 0. The highest BCUT2D eigenvalue weighted by Crippen LogP contribution is 2.37. The number of anilines is 1. The minimum absolute atomic E-state index is 0.180. The van der Waals surface area contributed by atoms with Gasteiger partial charge in [0.1, 0.15) is 12.4 Å². The highest BCUT2D eigenvalue weighted by atomic mass is 35.5. The summed E-state index contributed by atoms with van der Waals surface area (Å²) in [6.45, 7) is 2.09. The van der Waals surface area contributed by atoms with Gasteiger partial charge in [0.25, 0.3) is 5.91 Å². The number of carbonyl (C=O) groups excluding carboxylic acids is 2. The van der Waals surface area contributed by atoms with Crippen LogP contribution < -0.4 is 9.64 Å². The van der Waals surface area contributed by atoms with Crippen LogP contribution in [0.15, 0.2) is 89.6 Å². The maximum atomic E-state index is 13.5. The summed E-state index contributed by atoms with van der Waals surface area (Å²) in [4.78, 5) is 27.5. The Morgan fingerprint density at radius 3 is 2.35 bits per heavy atom. The van der Waals surface area contributed by atoms with E-state index < -0.39 is 5.97 Å². The zero-order valence-corrected chi connectivity index (χ0v) is 20.1. The van der Waals surface area contributed by atoms with E-state index in [0.717, 1.165) is 5.56 Å². The Labute approximate surface area is 207 Å². The summed E-state index contributed by atoms with van der Waals surface area (Å²) in [6.07, 6.45) is 1.65. The molecule has 7 heteroatoms. The summed E-state index contributed by atoms with van der Waals surface area (Å²) in [7, 11) is 1.28. The first-order valence-electron chi connectivity index (χ1n) is 10.5. The Kier molecular flexibility index (Phi) is 7.06. The molecule has 4 rings (SSSR count). The molecule has 0 saturated carbocycles. The lowest BCUT2D eigenvalue weighted by Crippen LogP contribution is -2.24. The standard InChI is InChI=1S/C27H21Cl2NO4/c1-17-25(27(32)33-2)24(26(31)30(17)22-14-20(28)13-21(29)15-22)12-19-9-6-10-23(11-19)34-16-18-7-4-3-5-8-18/h3-15H,16H2,1-2H3/b24-12-. The first-order chi connectivity index (χ1) is 16.4. The maximum absolute atomic E-state index is 13.5. The zero-order valence-electron chi connectivity index (χ0n) is 18.5. The number of carbonyl (C=O) groups is 2. The number of hydrogen-bond acceptors (Lipinski definition) is 4. The summed E-state index contributed by atoms with van der Waals surface area (Å²) in [5, 5.41) is 0.756. The van der Waals surface area contributed by atoms with Crippen molar-refractivity contribution in [2.75, 3.05) is 12.0 Å². The van der Waals surface area contributed by atoms with Crippen molar-refractivity contribution >= 4 is 46.8 Å². The van der Waals surface area contributed by atoms with Crippen molar-refractivity contribution in [3.63, 3.8) is 0 Å². The van der Waals surface area contributed by atoms with Crippen LogP contribution in [-0.4, -0.2) is 19.0 Å².